The molecule has 0 aromatic rings. The summed E-state index contributed by atoms with van der Waals surface area (Å²) in [5.41, 5.74) is 5.65. The average Bonchev–Trinajstić information content (AvgIpc) is 1.77. The van der Waals surface area contributed by atoms with Gasteiger partial charge in [-0.05, 0) is 19.8 Å². The molecule has 0 unspecified atom stereocenters. The largest absolute Gasteiger partial charge is 0.377 e. The first-order chi connectivity index (χ1) is 3.80. The maximum absolute atomic E-state index is 5.65. The van der Waals surface area contributed by atoms with Gasteiger partial charge >= 0.3 is 0 Å². The minimum Gasteiger partial charge on any atom is -0.377 e. The minimum atomic E-state index is 0.281. The highest BCUT2D eigenvalue weighted by molar-refractivity contribution is 4.72. The molecule has 2 nitrogen and oxygen atoms in total. The van der Waals surface area contributed by atoms with Gasteiger partial charge in [0.2, 0.25) is 0 Å². The van der Waals surface area contributed by atoms with Crippen molar-refractivity contribution in [2.24, 2.45) is 5.73 Å². The second-order valence-corrected chi connectivity index (χ2v) is 2.38. The third kappa shape index (κ3) is 1.20. The highest BCUT2D eigenvalue weighted by Crippen LogP contribution is 2.10. The van der Waals surface area contributed by atoms with Crippen molar-refractivity contribution < 1.29 is 4.74 Å². The molecule has 1 heterocycles. The monoisotopic (exact) mass is 115 g/mol. The van der Waals surface area contributed by atoms with Gasteiger partial charge in [0.05, 0.1) is 6.10 Å². The van der Waals surface area contributed by atoms with Crippen LogP contribution >= 0.6 is 0 Å². The van der Waals surface area contributed by atoms with Crippen LogP contribution in [0, 0.1) is 0 Å². The van der Waals surface area contributed by atoms with E-state index in [-0.39, 0.29) is 12.1 Å². The first-order valence-electron chi connectivity index (χ1n) is 3.18. The molecule has 0 aliphatic carbocycles. The summed E-state index contributed by atoms with van der Waals surface area (Å²) in [6, 6.07) is 0.281. The van der Waals surface area contributed by atoms with Crippen LogP contribution in [0.25, 0.3) is 0 Å². The fraction of sp³-hybridized carbons (Fsp3) is 1.00. The molecule has 0 amide bonds. The van der Waals surface area contributed by atoms with E-state index < -0.39 is 0 Å². The number of nitrogens with two attached hydrogens (primary N) is 1. The lowest BCUT2D eigenvalue weighted by Crippen LogP contribution is -2.38. The Kier molecular flexibility index (Phi) is 1.86. The van der Waals surface area contributed by atoms with Crippen LogP contribution in [-0.4, -0.2) is 18.8 Å². The Labute approximate surface area is 50.0 Å². The van der Waals surface area contributed by atoms with Crippen LogP contribution < -0.4 is 5.73 Å². The molecule has 2 N–H and O–H groups in total. The summed E-state index contributed by atoms with van der Waals surface area (Å²) in [6.45, 7) is 2.93. The SMILES string of the molecule is C[C@H]1OCCC[C@@H]1N. The maximum atomic E-state index is 5.65. The highest BCUT2D eigenvalue weighted by Gasteiger charge is 2.16. The van der Waals surface area contributed by atoms with Crippen molar-refractivity contribution >= 4 is 0 Å². The van der Waals surface area contributed by atoms with Gasteiger partial charge in [-0.15, -0.1) is 0 Å². The van der Waals surface area contributed by atoms with Gasteiger partial charge < -0.3 is 10.5 Å². The Morgan fingerprint density at radius 2 is 2.38 bits per heavy atom. The molecule has 2 heteroatoms. The standard InChI is InChI=1S/C6H13NO/c1-5-6(7)3-2-4-8-5/h5-6H,2-4,7H2,1H3/t5-,6+/m1/s1. The van der Waals surface area contributed by atoms with E-state index in [0.717, 1.165) is 19.4 Å². The van der Waals surface area contributed by atoms with E-state index in [9.17, 15) is 0 Å². The molecular formula is C6H13NO. The molecule has 1 rings (SSSR count). The van der Waals surface area contributed by atoms with Crippen LogP contribution in [0.5, 0.6) is 0 Å². The van der Waals surface area contributed by atoms with Crippen LogP contribution in [0.15, 0.2) is 0 Å². The summed E-state index contributed by atoms with van der Waals surface area (Å²) >= 11 is 0. The van der Waals surface area contributed by atoms with Crippen molar-refractivity contribution in [3.8, 4) is 0 Å². The zero-order chi connectivity index (χ0) is 5.98. The molecule has 0 spiro atoms. The van der Waals surface area contributed by atoms with E-state index >= 15 is 0 Å². The van der Waals surface area contributed by atoms with Crippen molar-refractivity contribution in [3.63, 3.8) is 0 Å². The molecule has 1 fully saturated rings. The predicted molar refractivity (Wildman–Crippen MR) is 32.6 cm³/mol. The Balaban J connectivity index is 2.28. The second kappa shape index (κ2) is 2.46. The Morgan fingerprint density at radius 1 is 1.62 bits per heavy atom. The van der Waals surface area contributed by atoms with E-state index in [0.29, 0.717) is 0 Å². The quantitative estimate of drug-likeness (QED) is 0.499. The third-order valence-electron chi connectivity index (χ3n) is 1.67. The molecular weight excluding hydrogens is 102 g/mol. The molecule has 1 aliphatic heterocycles. The molecule has 0 aromatic carbocycles. The molecule has 0 saturated carbocycles. The topological polar surface area (TPSA) is 35.2 Å². The number of hydrogen-bond acceptors (Lipinski definition) is 2. The van der Waals surface area contributed by atoms with Gasteiger partial charge in [0.1, 0.15) is 0 Å². The number of ether oxygens (including phenoxy) is 1. The number of hydrogen-bond donors (Lipinski definition) is 1. The van der Waals surface area contributed by atoms with Crippen LogP contribution in [-0.2, 0) is 4.74 Å². The lowest BCUT2D eigenvalue weighted by molar-refractivity contribution is 0.0138. The molecule has 0 aromatic heterocycles. The van der Waals surface area contributed by atoms with E-state index in [1.54, 1.807) is 0 Å². The van der Waals surface area contributed by atoms with Crippen LogP contribution in [0.1, 0.15) is 19.8 Å². The zero-order valence-corrected chi connectivity index (χ0v) is 5.26. The van der Waals surface area contributed by atoms with Gasteiger partial charge in [0.25, 0.3) is 0 Å². The molecule has 1 saturated heterocycles. The fourth-order valence-electron chi connectivity index (χ4n) is 0.947. The van der Waals surface area contributed by atoms with Crippen molar-refractivity contribution in [3.05, 3.63) is 0 Å². The van der Waals surface area contributed by atoms with E-state index in [1.807, 2.05) is 6.92 Å². The average molecular weight is 115 g/mol. The Hall–Kier alpha value is -0.0800. The molecule has 2 atom stereocenters. The van der Waals surface area contributed by atoms with Gasteiger partial charge in [0.15, 0.2) is 0 Å². The smallest absolute Gasteiger partial charge is 0.0697 e. The van der Waals surface area contributed by atoms with Crippen LogP contribution in [0.3, 0.4) is 0 Å². The highest BCUT2D eigenvalue weighted by atomic mass is 16.5. The summed E-state index contributed by atoms with van der Waals surface area (Å²) in [6.07, 6.45) is 2.54. The van der Waals surface area contributed by atoms with E-state index in [2.05, 4.69) is 0 Å². The van der Waals surface area contributed by atoms with Crippen LogP contribution in [0.4, 0.5) is 0 Å². The third-order valence-corrected chi connectivity index (χ3v) is 1.67. The van der Waals surface area contributed by atoms with Crippen molar-refractivity contribution in [1.82, 2.24) is 0 Å². The Bertz CT molecular complexity index is 64.9. The Morgan fingerprint density at radius 3 is 2.75 bits per heavy atom. The van der Waals surface area contributed by atoms with Gasteiger partial charge in [-0.1, -0.05) is 0 Å². The predicted octanol–water partition coefficient (Wildman–Crippen LogP) is 0.513. The summed E-state index contributed by atoms with van der Waals surface area (Å²) in [4.78, 5) is 0. The number of rotatable bonds is 0. The first-order valence-corrected chi connectivity index (χ1v) is 3.18. The maximum Gasteiger partial charge on any atom is 0.0697 e. The van der Waals surface area contributed by atoms with Gasteiger partial charge in [0, 0.05) is 12.6 Å². The second-order valence-electron chi connectivity index (χ2n) is 2.38. The minimum absolute atomic E-state index is 0.281. The molecule has 1 aliphatic rings. The van der Waals surface area contributed by atoms with Gasteiger partial charge in [-0.2, -0.15) is 0 Å². The summed E-state index contributed by atoms with van der Waals surface area (Å²) in [5, 5.41) is 0. The zero-order valence-electron chi connectivity index (χ0n) is 5.26. The van der Waals surface area contributed by atoms with Crippen molar-refractivity contribution in [1.29, 1.82) is 0 Å². The van der Waals surface area contributed by atoms with E-state index in [4.69, 9.17) is 10.5 Å². The van der Waals surface area contributed by atoms with Crippen LogP contribution in [0.2, 0.25) is 0 Å². The van der Waals surface area contributed by atoms with E-state index in [1.165, 1.54) is 0 Å². The van der Waals surface area contributed by atoms with Crippen molar-refractivity contribution in [2.45, 2.75) is 31.9 Å². The molecule has 0 radical (unpaired) electrons. The van der Waals surface area contributed by atoms with Crippen molar-refractivity contribution in [2.75, 3.05) is 6.61 Å². The van der Waals surface area contributed by atoms with Gasteiger partial charge in [-0.3, -0.25) is 0 Å². The lowest BCUT2D eigenvalue weighted by atomic mass is 10.1. The summed E-state index contributed by atoms with van der Waals surface area (Å²) in [7, 11) is 0. The molecule has 48 valence electrons. The van der Waals surface area contributed by atoms with Gasteiger partial charge in [-0.25, -0.2) is 0 Å². The summed E-state index contributed by atoms with van der Waals surface area (Å²) in [5.74, 6) is 0. The lowest BCUT2D eigenvalue weighted by Gasteiger charge is -2.25. The first kappa shape index (κ1) is 6.05. The molecule has 0 bridgehead atoms. The normalized spacial score (nSPS) is 39.8. The molecule has 8 heavy (non-hydrogen) atoms. The summed E-state index contributed by atoms with van der Waals surface area (Å²) < 4.78 is 5.27. The fourth-order valence-corrected chi connectivity index (χ4v) is 0.947.